The minimum absolute atomic E-state index is 0.163. The molecule has 2 aliphatic heterocycles. The van der Waals surface area contributed by atoms with Crippen LogP contribution in [0.4, 0.5) is 10.5 Å². The number of carbonyl (C=O) groups is 3. The van der Waals surface area contributed by atoms with Gasteiger partial charge in [-0.05, 0) is 66.3 Å². The monoisotopic (exact) mass is 520 g/mol. The summed E-state index contributed by atoms with van der Waals surface area (Å²) in [4.78, 5) is 47.0. The van der Waals surface area contributed by atoms with E-state index in [1.807, 2.05) is 49.4 Å². The number of urea groups is 1. The van der Waals surface area contributed by atoms with Crippen LogP contribution in [0.5, 0.6) is 0 Å². The number of aryl methyl sites for hydroxylation is 1. The van der Waals surface area contributed by atoms with Crippen molar-refractivity contribution < 1.29 is 14.4 Å². The Hall–Kier alpha value is -4.39. The van der Waals surface area contributed by atoms with Crippen molar-refractivity contribution in [2.45, 2.75) is 45.7 Å². The Morgan fingerprint density at radius 1 is 1.00 bits per heavy atom. The summed E-state index contributed by atoms with van der Waals surface area (Å²) in [5.74, 6) is 0.0914. The maximum absolute atomic E-state index is 14.0. The number of amides is 4. The van der Waals surface area contributed by atoms with E-state index in [9.17, 15) is 14.4 Å². The van der Waals surface area contributed by atoms with Gasteiger partial charge in [-0.25, -0.2) is 9.69 Å². The highest BCUT2D eigenvalue weighted by Crippen LogP contribution is 2.45. The third-order valence-electron chi connectivity index (χ3n) is 7.93. The van der Waals surface area contributed by atoms with Gasteiger partial charge < -0.3 is 10.3 Å². The molecule has 198 valence electrons. The average molecular weight is 521 g/mol. The Morgan fingerprint density at radius 3 is 2.46 bits per heavy atom. The largest absolute Gasteiger partial charge is 0.356 e. The number of imide groups is 1. The lowest BCUT2D eigenvalue weighted by Crippen LogP contribution is -2.44. The smallest absolute Gasteiger partial charge is 0.332 e. The average Bonchev–Trinajstić information content (AvgIpc) is 3.42. The van der Waals surface area contributed by atoms with Gasteiger partial charge in [-0.15, -0.1) is 0 Å². The predicted octanol–water partition coefficient (Wildman–Crippen LogP) is 5.74. The lowest BCUT2D eigenvalue weighted by molar-refractivity contribution is -0.120. The van der Waals surface area contributed by atoms with Gasteiger partial charge in [-0.1, -0.05) is 56.3 Å². The van der Waals surface area contributed by atoms with Crippen molar-refractivity contribution in [3.63, 3.8) is 0 Å². The summed E-state index contributed by atoms with van der Waals surface area (Å²) in [5.41, 5.74) is 6.05. The van der Waals surface area contributed by atoms with Crippen LogP contribution in [0, 0.1) is 12.8 Å². The van der Waals surface area contributed by atoms with Crippen LogP contribution in [-0.2, 0) is 11.2 Å². The van der Waals surface area contributed by atoms with Crippen LogP contribution in [0.25, 0.3) is 10.9 Å². The summed E-state index contributed by atoms with van der Waals surface area (Å²) in [6.07, 6.45) is 1.34. The van der Waals surface area contributed by atoms with Gasteiger partial charge in [0.15, 0.2) is 0 Å². The highest BCUT2D eigenvalue weighted by Gasteiger charge is 2.53. The van der Waals surface area contributed by atoms with Gasteiger partial charge in [0.25, 0.3) is 11.8 Å². The summed E-state index contributed by atoms with van der Waals surface area (Å²) >= 11 is 0. The Morgan fingerprint density at radius 2 is 1.72 bits per heavy atom. The topological polar surface area (TPSA) is 85.5 Å². The zero-order valence-electron chi connectivity index (χ0n) is 22.4. The second-order valence-corrected chi connectivity index (χ2v) is 10.9. The zero-order chi connectivity index (χ0) is 27.3. The van der Waals surface area contributed by atoms with E-state index in [4.69, 9.17) is 0 Å². The van der Waals surface area contributed by atoms with Crippen molar-refractivity contribution in [1.82, 2.24) is 15.2 Å². The van der Waals surface area contributed by atoms with Crippen LogP contribution in [0.15, 0.2) is 72.8 Å². The molecule has 1 fully saturated rings. The molecule has 0 bridgehead atoms. The van der Waals surface area contributed by atoms with Gasteiger partial charge in [0.05, 0.1) is 5.69 Å². The molecule has 0 aliphatic carbocycles. The fraction of sp³-hybridized carbons (Fsp3) is 0.281. The number of aromatic amines is 1. The Kier molecular flexibility index (Phi) is 6.22. The molecule has 2 unspecified atom stereocenters. The number of para-hydroxylation sites is 1. The van der Waals surface area contributed by atoms with E-state index >= 15 is 0 Å². The second kappa shape index (κ2) is 9.73. The number of hydrogen-bond acceptors (Lipinski definition) is 3. The number of anilines is 1. The molecule has 2 aliphatic rings. The number of nitrogens with one attached hydrogen (secondary N) is 2. The van der Waals surface area contributed by atoms with Crippen molar-refractivity contribution in [1.29, 1.82) is 0 Å². The highest BCUT2D eigenvalue weighted by molar-refractivity contribution is 6.22. The van der Waals surface area contributed by atoms with Crippen LogP contribution in [0.2, 0.25) is 0 Å². The number of H-pyrrole nitrogens is 1. The predicted molar refractivity (Wildman–Crippen MR) is 152 cm³/mol. The summed E-state index contributed by atoms with van der Waals surface area (Å²) in [6.45, 7) is 6.86. The molecule has 7 nitrogen and oxygen atoms in total. The van der Waals surface area contributed by atoms with E-state index in [2.05, 4.69) is 30.2 Å². The van der Waals surface area contributed by atoms with Crippen LogP contribution >= 0.6 is 0 Å². The van der Waals surface area contributed by atoms with Gasteiger partial charge in [0, 0.05) is 35.1 Å². The van der Waals surface area contributed by atoms with Gasteiger partial charge in [0.1, 0.15) is 12.1 Å². The maximum Gasteiger partial charge on any atom is 0.332 e. The Bertz CT molecular complexity index is 1590. The van der Waals surface area contributed by atoms with Crippen molar-refractivity contribution in [3.8, 4) is 0 Å². The molecule has 4 aromatic rings. The quantitative estimate of drug-likeness (QED) is 0.318. The van der Waals surface area contributed by atoms with Gasteiger partial charge >= 0.3 is 6.03 Å². The molecule has 3 heterocycles. The minimum atomic E-state index is -0.618. The first-order chi connectivity index (χ1) is 18.8. The number of aromatic nitrogens is 1. The molecule has 3 aromatic carbocycles. The SMILES string of the molecule is Cc1ccccc1C1c2[nH]c3ccccc3c2CC2C(=O)N(c3ccc(C(=O)NCCC(C)C)cc3)C(=O)N21. The van der Waals surface area contributed by atoms with E-state index in [0.29, 0.717) is 30.1 Å². The number of rotatable bonds is 6. The summed E-state index contributed by atoms with van der Waals surface area (Å²) in [5, 5.41) is 4.01. The normalized spacial score (nSPS) is 18.6. The van der Waals surface area contributed by atoms with Crippen molar-refractivity contribution >= 4 is 34.4 Å². The zero-order valence-corrected chi connectivity index (χ0v) is 22.4. The first kappa shape index (κ1) is 24.9. The van der Waals surface area contributed by atoms with Crippen LogP contribution in [0.3, 0.4) is 0 Å². The lowest BCUT2D eigenvalue weighted by Gasteiger charge is -2.36. The van der Waals surface area contributed by atoms with Crippen LogP contribution in [-0.4, -0.2) is 40.3 Å². The van der Waals surface area contributed by atoms with Crippen molar-refractivity contribution in [2.75, 3.05) is 11.4 Å². The van der Waals surface area contributed by atoms with E-state index in [1.165, 1.54) is 4.90 Å². The molecule has 7 heteroatoms. The Balaban J connectivity index is 1.36. The molecular formula is C32H32N4O3. The number of hydrogen-bond donors (Lipinski definition) is 2. The van der Waals surface area contributed by atoms with Crippen molar-refractivity contribution in [3.05, 3.63) is 101 Å². The van der Waals surface area contributed by atoms with Crippen LogP contribution < -0.4 is 10.2 Å². The third-order valence-corrected chi connectivity index (χ3v) is 7.93. The first-order valence-electron chi connectivity index (χ1n) is 13.5. The summed E-state index contributed by atoms with van der Waals surface area (Å²) in [7, 11) is 0. The third kappa shape index (κ3) is 4.18. The fourth-order valence-electron chi connectivity index (χ4n) is 5.87. The standard InChI is InChI=1S/C32H32N4O3/c1-19(2)16-17-33-30(37)21-12-14-22(15-13-21)35-31(38)27-18-25-24-10-6-7-11-26(24)34-28(25)29(36(27)32(35)39)23-9-5-4-8-20(23)3/h4-15,19,27,29,34H,16-18H2,1-3H3,(H,33,37). The van der Waals surface area contributed by atoms with E-state index < -0.39 is 12.1 Å². The fourth-order valence-corrected chi connectivity index (χ4v) is 5.87. The van der Waals surface area contributed by atoms with Crippen molar-refractivity contribution in [2.24, 2.45) is 5.92 Å². The van der Waals surface area contributed by atoms with Gasteiger partial charge in [0.2, 0.25) is 0 Å². The van der Waals surface area contributed by atoms with Gasteiger partial charge in [-0.3, -0.25) is 14.5 Å². The number of nitrogens with zero attached hydrogens (tertiary/aromatic N) is 2. The molecule has 0 radical (unpaired) electrons. The van der Waals surface area contributed by atoms with Gasteiger partial charge in [-0.2, -0.15) is 0 Å². The first-order valence-corrected chi connectivity index (χ1v) is 13.5. The molecule has 1 saturated heterocycles. The van der Waals surface area contributed by atoms with Crippen LogP contribution in [0.1, 0.15) is 59.1 Å². The summed E-state index contributed by atoms with van der Waals surface area (Å²) < 4.78 is 0. The molecular weight excluding hydrogens is 488 g/mol. The lowest BCUT2D eigenvalue weighted by atomic mass is 9.87. The number of carbonyl (C=O) groups excluding carboxylic acids is 3. The maximum atomic E-state index is 14.0. The molecule has 0 spiro atoms. The number of fused-ring (bicyclic) bond motifs is 4. The molecule has 4 amide bonds. The van der Waals surface area contributed by atoms with E-state index in [0.717, 1.165) is 39.7 Å². The highest BCUT2D eigenvalue weighted by atomic mass is 16.2. The molecule has 2 atom stereocenters. The molecule has 39 heavy (non-hydrogen) atoms. The molecule has 1 aromatic heterocycles. The minimum Gasteiger partial charge on any atom is -0.356 e. The molecule has 0 saturated carbocycles. The Labute approximate surface area is 227 Å². The molecule has 6 rings (SSSR count). The van der Waals surface area contributed by atoms with E-state index in [-0.39, 0.29) is 17.8 Å². The summed E-state index contributed by atoms with van der Waals surface area (Å²) in [6, 6.07) is 21.4. The number of benzene rings is 3. The molecule has 2 N–H and O–H groups in total. The van der Waals surface area contributed by atoms with E-state index in [1.54, 1.807) is 29.2 Å². The second-order valence-electron chi connectivity index (χ2n) is 10.9.